The molecule has 0 aromatic heterocycles. The van der Waals surface area contributed by atoms with Gasteiger partial charge < -0.3 is 19.6 Å². The van der Waals surface area contributed by atoms with Crippen molar-refractivity contribution in [1.29, 1.82) is 0 Å². The molecule has 0 spiro atoms. The molecule has 1 N–H and O–H groups in total. The highest BCUT2D eigenvalue weighted by Crippen LogP contribution is 2.18. The van der Waals surface area contributed by atoms with Crippen LogP contribution in [0.2, 0.25) is 0 Å². The summed E-state index contributed by atoms with van der Waals surface area (Å²) in [7, 11) is 0. The van der Waals surface area contributed by atoms with Crippen molar-refractivity contribution in [2.45, 2.75) is 25.9 Å². The van der Waals surface area contributed by atoms with E-state index in [2.05, 4.69) is 6.92 Å². The van der Waals surface area contributed by atoms with Crippen LogP contribution in [-0.4, -0.2) is 66.4 Å². The van der Waals surface area contributed by atoms with E-state index >= 15 is 0 Å². The predicted molar refractivity (Wildman–Crippen MR) is 63.8 cm³/mol. The lowest BCUT2D eigenvalue weighted by Gasteiger charge is -2.38. The van der Waals surface area contributed by atoms with Crippen molar-refractivity contribution in [3.05, 3.63) is 0 Å². The van der Waals surface area contributed by atoms with Crippen molar-refractivity contribution in [3.63, 3.8) is 0 Å². The van der Waals surface area contributed by atoms with Crippen LogP contribution < -0.4 is 0 Å². The van der Waals surface area contributed by atoms with E-state index in [4.69, 9.17) is 9.84 Å². The molecular weight excluding hydrogens is 220 g/mol. The molecule has 0 aromatic rings. The van der Waals surface area contributed by atoms with Gasteiger partial charge in [0.15, 0.2) is 0 Å². The standard InChI is InChI=1S/C12H22N2O3/c1-10-2-4-13(5-3-10)12(16)14-6-7-17-11(8-14)9-15/h10-11,15H,2-9H2,1H3. The quantitative estimate of drug-likeness (QED) is 0.730. The number of ether oxygens (including phenoxy) is 1. The van der Waals surface area contributed by atoms with Gasteiger partial charge >= 0.3 is 6.03 Å². The number of aliphatic hydroxyl groups excluding tert-OH is 1. The largest absolute Gasteiger partial charge is 0.394 e. The molecule has 0 bridgehead atoms. The number of hydrogen-bond acceptors (Lipinski definition) is 3. The van der Waals surface area contributed by atoms with E-state index < -0.39 is 0 Å². The first-order valence-corrected chi connectivity index (χ1v) is 6.47. The van der Waals surface area contributed by atoms with E-state index in [1.807, 2.05) is 4.90 Å². The molecule has 0 saturated carbocycles. The van der Waals surface area contributed by atoms with Crippen LogP contribution in [-0.2, 0) is 4.74 Å². The van der Waals surface area contributed by atoms with Gasteiger partial charge in [-0.15, -0.1) is 0 Å². The number of piperidine rings is 1. The Hall–Kier alpha value is -0.810. The van der Waals surface area contributed by atoms with Crippen LogP contribution in [0.4, 0.5) is 4.79 Å². The molecule has 2 fully saturated rings. The summed E-state index contributed by atoms with van der Waals surface area (Å²) >= 11 is 0. The van der Waals surface area contributed by atoms with E-state index in [1.165, 1.54) is 0 Å². The van der Waals surface area contributed by atoms with E-state index in [0.717, 1.165) is 31.8 Å². The van der Waals surface area contributed by atoms with Crippen molar-refractivity contribution < 1.29 is 14.6 Å². The first-order valence-electron chi connectivity index (χ1n) is 6.47. The number of amides is 2. The number of carbonyl (C=O) groups is 1. The second-order valence-electron chi connectivity index (χ2n) is 5.07. The zero-order chi connectivity index (χ0) is 12.3. The van der Waals surface area contributed by atoms with E-state index in [0.29, 0.717) is 19.7 Å². The van der Waals surface area contributed by atoms with Crippen LogP contribution in [0.1, 0.15) is 19.8 Å². The van der Waals surface area contributed by atoms with Gasteiger partial charge in [0.05, 0.1) is 25.9 Å². The Balaban J connectivity index is 1.86. The first kappa shape index (κ1) is 12.6. The lowest BCUT2D eigenvalue weighted by Crippen LogP contribution is -2.53. The van der Waals surface area contributed by atoms with Crippen LogP contribution >= 0.6 is 0 Å². The average molecular weight is 242 g/mol. The van der Waals surface area contributed by atoms with Gasteiger partial charge in [-0.1, -0.05) is 6.92 Å². The molecular formula is C12H22N2O3. The average Bonchev–Trinajstić information content (AvgIpc) is 2.39. The third-order valence-electron chi connectivity index (χ3n) is 3.67. The Morgan fingerprint density at radius 2 is 2.00 bits per heavy atom. The number of rotatable bonds is 1. The third kappa shape index (κ3) is 3.10. The summed E-state index contributed by atoms with van der Waals surface area (Å²) in [5, 5.41) is 9.06. The van der Waals surface area contributed by atoms with Gasteiger partial charge in [-0.2, -0.15) is 0 Å². The van der Waals surface area contributed by atoms with Crippen LogP contribution in [0.15, 0.2) is 0 Å². The lowest BCUT2D eigenvalue weighted by atomic mass is 9.99. The highest BCUT2D eigenvalue weighted by atomic mass is 16.5. The summed E-state index contributed by atoms with van der Waals surface area (Å²) in [6.07, 6.45) is 1.98. The fourth-order valence-corrected chi connectivity index (χ4v) is 2.40. The molecule has 1 atom stereocenters. The number of hydrogen-bond donors (Lipinski definition) is 1. The van der Waals surface area contributed by atoms with Gasteiger partial charge in [-0.25, -0.2) is 4.79 Å². The van der Waals surface area contributed by atoms with Gasteiger partial charge in [0.2, 0.25) is 0 Å². The number of urea groups is 1. The number of morpholine rings is 1. The maximum atomic E-state index is 12.2. The van der Waals surface area contributed by atoms with E-state index in [-0.39, 0.29) is 18.7 Å². The SMILES string of the molecule is CC1CCN(C(=O)N2CCOC(CO)C2)CC1. The number of aliphatic hydroxyl groups is 1. The van der Waals surface area contributed by atoms with Crippen molar-refractivity contribution in [1.82, 2.24) is 9.80 Å². The topological polar surface area (TPSA) is 53.0 Å². The van der Waals surface area contributed by atoms with E-state index in [1.54, 1.807) is 4.90 Å². The van der Waals surface area contributed by atoms with Crippen molar-refractivity contribution in [2.24, 2.45) is 5.92 Å². The molecule has 2 heterocycles. The first-order chi connectivity index (χ1) is 8.20. The maximum absolute atomic E-state index is 12.2. The van der Waals surface area contributed by atoms with Crippen LogP contribution in [0.25, 0.3) is 0 Å². The molecule has 98 valence electrons. The number of likely N-dealkylation sites (tertiary alicyclic amines) is 1. The lowest BCUT2D eigenvalue weighted by molar-refractivity contribution is -0.0446. The second kappa shape index (κ2) is 5.69. The minimum absolute atomic E-state index is 0.0131. The van der Waals surface area contributed by atoms with Gasteiger partial charge in [-0.05, 0) is 18.8 Å². The van der Waals surface area contributed by atoms with Gasteiger partial charge in [0, 0.05) is 19.6 Å². The number of nitrogens with zero attached hydrogens (tertiary/aromatic N) is 2. The zero-order valence-electron chi connectivity index (χ0n) is 10.5. The Morgan fingerprint density at radius 1 is 1.29 bits per heavy atom. The molecule has 0 radical (unpaired) electrons. The zero-order valence-corrected chi connectivity index (χ0v) is 10.5. The molecule has 17 heavy (non-hydrogen) atoms. The molecule has 2 saturated heterocycles. The molecule has 2 aliphatic rings. The van der Waals surface area contributed by atoms with Crippen LogP contribution in [0, 0.1) is 5.92 Å². The summed E-state index contributed by atoms with van der Waals surface area (Å²) < 4.78 is 5.35. The molecule has 5 heteroatoms. The maximum Gasteiger partial charge on any atom is 0.320 e. The Bertz CT molecular complexity index is 264. The summed E-state index contributed by atoms with van der Waals surface area (Å²) in [6.45, 7) is 5.63. The third-order valence-corrected chi connectivity index (χ3v) is 3.67. The minimum Gasteiger partial charge on any atom is -0.394 e. The fourth-order valence-electron chi connectivity index (χ4n) is 2.40. The monoisotopic (exact) mass is 242 g/mol. The Labute approximate surface area is 102 Å². The molecule has 2 aliphatic heterocycles. The van der Waals surface area contributed by atoms with Crippen LogP contribution in [0.3, 0.4) is 0 Å². The molecule has 0 aromatic carbocycles. The van der Waals surface area contributed by atoms with Gasteiger partial charge in [0.25, 0.3) is 0 Å². The predicted octanol–water partition coefficient (Wildman–Crippen LogP) is 0.531. The van der Waals surface area contributed by atoms with Crippen molar-refractivity contribution >= 4 is 6.03 Å². The molecule has 5 nitrogen and oxygen atoms in total. The molecule has 1 unspecified atom stereocenters. The normalized spacial score (nSPS) is 27.3. The summed E-state index contributed by atoms with van der Waals surface area (Å²) in [5.41, 5.74) is 0. The fraction of sp³-hybridized carbons (Fsp3) is 0.917. The summed E-state index contributed by atoms with van der Waals surface area (Å²) in [4.78, 5) is 16.0. The smallest absolute Gasteiger partial charge is 0.320 e. The van der Waals surface area contributed by atoms with Crippen molar-refractivity contribution in [2.75, 3.05) is 39.4 Å². The van der Waals surface area contributed by atoms with Gasteiger partial charge in [-0.3, -0.25) is 0 Å². The Kier molecular flexibility index (Phi) is 4.23. The van der Waals surface area contributed by atoms with Gasteiger partial charge in [0.1, 0.15) is 0 Å². The highest BCUT2D eigenvalue weighted by Gasteiger charge is 2.28. The molecule has 2 amide bonds. The van der Waals surface area contributed by atoms with Crippen LogP contribution in [0.5, 0.6) is 0 Å². The number of carbonyl (C=O) groups excluding carboxylic acids is 1. The molecule has 2 rings (SSSR count). The summed E-state index contributed by atoms with van der Waals surface area (Å²) in [6, 6.07) is 0.110. The second-order valence-corrected chi connectivity index (χ2v) is 5.07. The summed E-state index contributed by atoms with van der Waals surface area (Å²) in [5.74, 6) is 0.730. The Morgan fingerprint density at radius 3 is 2.65 bits per heavy atom. The van der Waals surface area contributed by atoms with Crippen molar-refractivity contribution in [3.8, 4) is 0 Å². The molecule has 0 aliphatic carbocycles. The van der Waals surface area contributed by atoms with E-state index in [9.17, 15) is 4.79 Å². The highest BCUT2D eigenvalue weighted by molar-refractivity contribution is 5.74. The minimum atomic E-state index is -0.212.